The lowest BCUT2D eigenvalue weighted by Crippen LogP contribution is -2.14. The Morgan fingerprint density at radius 1 is 1.78 bits per heavy atom. The summed E-state index contributed by atoms with van der Waals surface area (Å²) in [6.45, 7) is 2.71. The van der Waals surface area contributed by atoms with E-state index in [4.69, 9.17) is 10.8 Å². The van der Waals surface area contributed by atoms with Crippen molar-refractivity contribution in [2.75, 3.05) is 13.3 Å². The van der Waals surface area contributed by atoms with Gasteiger partial charge in [-0.15, -0.1) is 0 Å². The van der Waals surface area contributed by atoms with Crippen LogP contribution in [0.25, 0.3) is 0 Å². The van der Waals surface area contributed by atoms with E-state index in [9.17, 15) is 4.79 Å². The summed E-state index contributed by atoms with van der Waals surface area (Å²) in [6, 6.07) is 0. The molecule has 0 radical (unpaired) electrons. The van der Waals surface area contributed by atoms with Crippen molar-refractivity contribution in [3.63, 3.8) is 0 Å². The maximum atomic E-state index is 10.4. The van der Waals surface area contributed by atoms with E-state index >= 15 is 0 Å². The quantitative estimate of drug-likeness (QED) is 0.292. The minimum absolute atomic E-state index is 0.0544. The summed E-state index contributed by atoms with van der Waals surface area (Å²) < 4.78 is 4.13. The predicted octanol–water partition coefficient (Wildman–Crippen LogP) is -1.01. The number of ether oxygens (including phenoxy) is 1. The molecular formula is C5H9NO3. The molecule has 0 saturated heterocycles. The Morgan fingerprint density at radius 3 is 2.67 bits per heavy atom. The van der Waals surface area contributed by atoms with Crippen molar-refractivity contribution < 1.29 is 14.6 Å². The highest BCUT2D eigenvalue weighted by molar-refractivity contribution is 5.87. The van der Waals surface area contributed by atoms with Gasteiger partial charge in [0, 0.05) is 12.1 Å². The van der Waals surface area contributed by atoms with Crippen LogP contribution in [0.1, 0.15) is 0 Å². The van der Waals surface area contributed by atoms with Crippen LogP contribution in [0.15, 0.2) is 12.2 Å². The van der Waals surface area contributed by atoms with Gasteiger partial charge in [-0.1, -0.05) is 6.58 Å². The number of hydrogen-bond acceptors (Lipinski definition) is 4. The van der Waals surface area contributed by atoms with Crippen LogP contribution in [-0.2, 0) is 9.53 Å². The molecule has 0 aliphatic carbocycles. The molecule has 4 nitrogen and oxygen atoms in total. The van der Waals surface area contributed by atoms with Crippen LogP contribution in [0.3, 0.4) is 0 Å². The van der Waals surface area contributed by atoms with Gasteiger partial charge in [0.25, 0.3) is 0 Å². The van der Waals surface area contributed by atoms with Gasteiger partial charge in [-0.3, -0.25) is 0 Å². The molecule has 0 heterocycles. The molecule has 0 aromatic carbocycles. The molecule has 0 atom stereocenters. The Morgan fingerprint density at radius 2 is 2.33 bits per heavy atom. The molecule has 0 amide bonds. The number of aliphatic hydroxyl groups is 1. The third kappa shape index (κ3) is 2.84. The van der Waals surface area contributed by atoms with Crippen molar-refractivity contribution in [2.24, 2.45) is 5.73 Å². The van der Waals surface area contributed by atoms with Gasteiger partial charge >= 0.3 is 5.97 Å². The zero-order chi connectivity index (χ0) is 7.28. The van der Waals surface area contributed by atoms with E-state index in [1.54, 1.807) is 0 Å². The molecule has 0 aliphatic rings. The fourth-order valence-electron chi connectivity index (χ4n) is 0.244. The lowest BCUT2D eigenvalue weighted by atomic mass is 10.3. The Labute approximate surface area is 52.9 Å². The lowest BCUT2D eigenvalue weighted by molar-refractivity contribution is -0.146. The molecule has 0 spiro atoms. The molecule has 0 rings (SSSR count). The molecule has 4 heteroatoms. The van der Waals surface area contributed by atoms with Gasteiger partial charge in [0.15, 0.2) is 6.79 Å². The van der Waals surface area contributed by atoms with E-state index in [1.807, 2.05) is 0 Å². The molecule has 0 aromatic heterocycles. The van der Waals surface area contributed by atoms with Gasteiger partial charge in [-0.2, -0.15) is 0 Å². The van der Waals surface area contributed by atoms with E-state index in [0.717, 1.165) is 0 Å². The Kier molecular flexibility index (Phi) is 3.66. The highest BCUT2D eigenvalue weighted by atomic mass is 16.6. The number of aliphatic hydroxyl groups excluding tert-OH is 1. The normalized spacial score (nSPS) is 8.67. The zero-order valence-corrected chi connectivity index (χ0v) is 4.96. The molecule has 0 fully saturated rings. The fourth-order valence-corrected chi connectivity index (χ4v) is 0.244. The van der Waals surface area contributed by atoms with Crippen LogP contribution >= 0.6 is 0 Å². The third-order valence-corrected chi connectivity index (χ3v) is 0.731. The standard InChI is InChI=1S/C5H9NO3/c1-4(2-6)5(8)9-3-7/h7H,1-3,6H2. The monoisotopic (exact) mass is 131 g/mol. The first-order chi connectivity index (χ1) is 4.22. The van der Waals surface area contributed by atoms with Crippen molar-refractivity contribution in [3.8, 4) is 0 Å². The molecule has 0 bridgehead atoms. The summed E-state index contributed by atoms with van der Waals surface area (Å²) in [5, 5.41) is 8.06. The lowest BCUT2D eigenvalue weighted by Gasteiger charge is -1.99. The Balaban J connectivity index is 3.60. The second kappa shape index (κ2) is 4.05. The van der Waals surface area contributed by atoms with Gasteiger partial charge in [0.1, 0.15) is 0 Å². The number of hydrogen-bond donors (Lipinski definition) is 2. The molecule has 52 valence electrons. The topological polar surface area (TPSA) is 72.6 Å². The number of nitrogens with two attached hydrogens (primary N) is 1. The summed E-state index contributed by atoms with van der Waals surface area (Å²) in [5.74, 6) is -0.653. The Hall–Kier alpha value is -0.870. The Bertz CT molecular complexity index is 121. The smallest absolute Gasteiger partial charge is 0.336 e. The average molecular weight is 131 g/mol. The van der Waals surface area contributed by atoms with Crippen molar-refractivity contribution in [3.05, 3.63) is 12.2 Å². The average Bonchev–Trinajstić information content (AvgIpc) is 1.87. The van der Waals surface area contributed by atoms with Crippen molar-refractivity contribution in [1.29, 1.82) is 0 Å². The molecular weight excluding hydrogens is 122 g/mol. The van der Waals surface area contributed by atoms with E-state index < -0.39 is 12.8 Å². The van der Waals surface area contributed by atoms with Gasteiger partial charge in [-0.05, 0) is 0 Å². The third-order valence-electron chi connectivity index (χ3n) is 0.731. The van der Waals surface area contributed by atoms with Crippen LogP contribution in [0.2, 0.25) is 0 Å². The summed E-state index contributed by atoms with van der Waals surface area (Å²) in [5.41, 5.74) is 5.18. The van der Waals surface area contributed by atoms with Crippen molar-refractivity contribution in [1.82, 2.24) is 0 Å². The van der Waals surface area contributed by atoms with Crippen LogP contribution < -0.4 is 5.73 Å². The van der Waals surface area contributed by atoms with Crippen LogP contribution in [-0.4, -0.2) is 24.4 Å². The van der Waals surface area contributed by atoms with Gasteiger partial charge in [0.2, 0.25) is 0 Å². The molecule has 3 N–H and O–H groups in total. The maximum Gasteiger partial charge on any atom is 0.336 e. The van der Waals surface area contributed by atoms with Crippen molar-refractivity contribution in [2.45, 2.75) is 0 Å². The number of esters is 1. The molecule has 9 heavy (non-hydrogen) atoms. The second-order valence-electron chi connectivity index (χ2n) is 1.37. The predicted molar refractivity (Wildman–Crippen MR) is 31.4 cm³/mol. The van der Waals surface area contributed by atoms with E-state index in [2.05, 4.69) is 11.3 Å². The molecule has 0 saturated carbocycles. The first kappa shape index (κ1) is 8.13. The number of rotatable bonds is 3. The minimum Gasteiger partial charge on any atom is -0.435 e. The summed E-state index contributed by atoms with van der Waals surface area (Å²) >= 11 is 0. The summed E-state index contributed by atoms with van der Waals surface area (Å²) in [6.07, 6.45) is 0. The van der Waals surface area contributed by atoms with Crippen molar-refractivity contribution >= 4 is 5.97 Å². The highest BCUT2D eigenvalue weighted by Gasteiger charge is 2.03. The van der Waals surface area contributed by atoms with Gasteiger partial charge in [0.05, 0.1) is 0 Å². The number of carbonyl (C=O) groups is 1. The largest absolute Gasteiger partial charge is 0.435 e. The zero-order valence-electron chi connectivity index (χ0n) is 4.96. The fraction of sp³-hybridized carbons (Fsp3) is 0.400. The summed E-state index contributed by atoms with van der Waals surface area (Å²) in [7, 11) is 0. The highest BCUT2D eigenvalue weighted by Crippen LogP contribution is 1.88. The second-order valence-corrected chi connectivity index (χ2v) is 1.37. The van der Waals surface area contributed by atoms with Crippen LogP contribution in [0.5, 0.6) is 0 Å². The van der Waals surface area contributed by atoms with E-state index in [-0.39, 0.29) is 12.1 Å². The molecule has 0 unspecified atom stereocenters. The number of carbonyl (C=O) groups excluding carboxylic acids is 1. The summed E-state index contributed by atoms with van der Waals surface area (Å²) in [4.78, 5) is 10.4. The first-order valence-electron chi connectivity index (χ1n) is 2.38. The molecule has 0 aromatic rings. The minimum atomic E-state index is -0.653. The molecule has 0 aliphatic heterocycles. The SMILES string of the molecule is C=C(CN)C(=O)OCO. The van der Waals surface area contributed by atoms with Gasteiger partial charge < -0.3 is 15.6 Å². The van der Waals surface area contributed by atoms with Crippen LogP contribution in [0.4, 0.5) is 0 Å². The van der Waals surface area contributed by atoms with Crippen LogP contribution in [0, 0.1) is 0 Å². The first-order valence-corrected chi connectivity index (χ1v) is 2.38. The van der Waals surface area contributed by atoms with E-state index in [1.165, 1.54) is 0 Å². The van der Waals surface area contributed by atoms with Gasteiger partial charge in [-0.25, -0.2) is 4.79 Å². The maximum absolute atomic E-state index is 10.4. The van der Waals surface area contributed by atoms with E-state index in [0.29, 0.717) is 0 Å².